The number of aromatic nitrogens is 2. The van der Waals surface area contributed by atoms with Crippen molar-refractivity contribution in [1.29, 1.82) is 0 Å². The molecule has 2 amide bonds. The van der Waals surface area contributed by atoms with Gasteiger partial charge >= 0.3 is 18.2 Å². The Hall–Kier alpha value is -5.07. The molecule has 10 nitrogen and oxygen atoms in total. The zero-order chi connectivity index (χ0) is 26.5. The number of H-pyrrole nitrogens is 1. The molecule has 0 saturated carbocycles. The van der Waals surface area contributed by atoms with Gasteiger partial charge < -0.3 is 20.6 Å². The number of ether oxygens (including phenoxy) is 1. The van der Waals surface area contributed by atoms with Crippen LogP contribution in [-0.4, -0.2) is 39.2 Å². The standard InChI is InChI=1S/C24H16F3N5O5/c25-24(26,27)20(34)37-23(12-8-9-17-18(10-12)30-21(29-17)31-22(35)36)16-7-2-1-6-15(16)19(33)32(23)14-5-3-4-13(28)11-14/h1-11H,28H2,(H,35,36)(H2,29,30,31). The Morgan fingerprint density at radius 1 is 1.08 bits per heavy atom. The van der Waals surface area contributed by atoms with Gasteiger partial charge in [0.25, 0.3) is 5.91 Å². The first-order valence-electron chi connectivity index (χ1n) is 10.6. The number of nitrogens with zero attached hydrogens (tertiary/aromatic N) is 2. The molecule has 1 aromatic heterocycles. The van der Waals surface area contributed by atoms with E-state index in [0.29, 0.717) is 5.52 Å². The predicted molar refractivity (Wildman–Crippen MR) is 125 cm³/mol. The smallest absolute Gasteiger partial charge is 0.465 e. The Bertz CT molecular complexity index is 1580. The van der Waals surface area contributed by atoms with Crippen molar-refractivity contribution >= 4 is 46.3 Å². The first-order chi connectivity index (χ1) is 17.5. The molecule has 0 aliphatic carbocycles. The van der Waals surface area contributed by atoms with Crippen molar-refractivity contribution < 1.29 is 37.4 Å². The van der Waals surface area contributed by atoms with Gasteiger partial charge in [-0.2, -0.15) is 13.2 Å². The topological polar surface area (TPSA) is 151 Å². The number of carbonyl (C=O) groups excluding carboxylic acids is 2. The first kappa shape index (κ1) is 23.7. The van der Waals surface area contributed by atoms with E-state index in [-0.39, 0.29) is 39.5 Å². The van der Waals surface area contributed by atoms with Gasteiger partial charge in [0.05, 0.1) is 16.7 Å². The highest BCUT2D eigenvalue weighted by atomic mass is 19.4. The number of hydrogen-bond acceptors (Lipinski definition) is 6. The zero-order valence-electron chi connectivity index (χ0n) is 18.5. The van der Waals surface area contributed by atoms with E-state index in [1.807, 2.05) is 5.32 Å². The summed E-state index contributed by atoms with van der Waals surface area (Å²) in [6, 6.07) is 15.7. The Morgan fingerprint density at radius 2 is 1.84 bits per heavy atom. The highest BCUT2D eigenvalue weighted by molar-refractivity contribution is 6.13. The number of esters is 1. The molecule has 0 radical (unpaired) electrons. The highest BCUT2D eigenvalue weighted by Crippen LogP contribution is 2.49. The van der Waals surface area contributed by atoms with Gasteiger partial charge in [-0.3, -0.25) is 15.0 Å². The van der Waals surface area contributed by atoms with E-state index in [2.05, 4.69) is 9.97 Å². The summed E-state index contributed by atoms with van der Waals surface area (Å²) in [7, 11) is 0. The number of aromatic amines is 1. The molecule has 0 bridgehead atoms. The zero-order valence-corrected chi connectivity index (χ0v) is 18.5. The number of benzene rings is 3. The maximum Gasteiger partial charge on any atom is 0.491 e. The van der Waals surface area contributed by atoms with Gasteiger partial charge in [-0.15, -0.1) is 0 Å². The molecule has 13 heteroatoms. The largest absolute Gasteiger partial charge is 0.491 e. The molecular formula is C24H16F3N5O5. The molecule has 1 aliphatic rings. The van der Waals surface area contributed by atoms with Crippen molar-refractivity contribution in [3.63, 3.8) is 0 Å². The Labute approximate surface area is 205 Å². The number of carbonyl (C=O) groups is 3. The second-order valence-corrected chi connectivity index (χ2v) is 8.06. The van der Waals surface area contributed by atoms with Crippen molar-refractivity contribution in [1.82, 2.24) is 9.97 Å². The van der Waals surface area contributed by atoms with E-state index >= 15 is 0 Å². The van der Waals surface area contributed by atoms with E-state index in [9.17, 15) is 27.6 Å². The summed E-state index contributed by atoms with van der Waals surface area (Å²) < 4.78 is 45.9. The molecule has 0 fully saturated rings. The van der Waals surface area contributed by atoms with Crippen molar-refractivity contribution in [3.05, 3.63) is 83.4 Å². The minimum Gasteiger partial charge on any atom is -0.465 e. The number of anilines is 3. The molecule has 37 heavy (non-hydrogen) atoms. The SMILES string of the molecule is Nc1cccc(N2C(=O)c3ccccc3C2(OC(=O)C(F)(F)F)c2ccc3[nH]c(NC(=O)O)nc3c2)c1. The van der Waals surface area contributed by atoms with Crippen molar-refractivity contribution in [2.45, 2.75) is 11.9 Å². The summed E-state index contributed by atoms with van der Waals surface area (Å²) in [5.74, 6) is -3.40. The summed E-state index contributed by atoms with van der Waals surface area (Å²) in [5.41, 5.74) is 4.19. The molecule has 0 spiro atoms. The van der Waals surface area contributed by atoms with Gasteiger partial charge in [0.15, 0.2) is 0 Å². The monoisotopic (exact) mass is 511 g/mol. The lowest BCUT2D eigenvalue weighted by atomic mass is 9.92. The van der Waals surface area contributed by atoms with Crippen LogP contribution in [0, 0.1) is 0 Å². The van der Waals surface area contributed by atoms with Gasteiger partial charge in [-0.1, -0.05) is 30.3 Å². The van der Waals surface area contributed by atoms with E-state index in [0.717, 1.165) is 4.90 Å². The van der Waals surface area contributed by atoms with Crippen LogP contribution in [-0.2, 0) is 15.3 Å². The van der Waals surface area contributed by atoms with E-state index in [1.165, 1.54) is 66.7 Å². The first-order valence-corrected chi connectivity index (χ1v) is 10.6. The van der Waals surface area contributed by atoms with Crippen LogP contribution in [0.3, 0.4) is 0 Å². The predicted octanol–water partition coefficient (Wildman–Crippen LogP) is 4.20. The summed E-state index contributed by atoms with van der Waals surface area (Å²) in [6.45, 7) is 0. The average molecular weight is 511 g/mol. The summed E-state index contributed by atoms with van der Waals surface area (Å²) in [6.07, 6.45) is -6.78. The second-order valence-electron chi connectivity index (χ2n) is 8.06. The van der Waals surface area contributed by atoms with E-state index < -0.39 is 29.9 Å². The third kappa shape index (κ3) is 3.86. The molecule has 4 aromatic rings. The number of imidazole rings is 1. The molecule has 5 rings (SSSR count). The fourth-order valence-electron chi connectivity index (χ4n) is 4.33. The summed E-state index contributed by atoms with van der Waals surface area (Å²) >= 11 is 0. The van der Waals surface area contributed by atoms with E-state index in [1.54, 1.807) is 0 Å². The molecule has 0 saturated heterocycles. The van der Waals surface area contributed by atoms with Gasteiger partial charge in [-0.05, 0) is 36.4 Å². The van der Waals surface area contributed by atoms with Crippen LogP contribution in [0.15, 0.2) is 66.7 Å². The normalized spacial score (nSPS) is 17.1. The van der Waals surface area contributed by atoms with Crippen molar-refractivity contribution in [2.24, 2.45) is 0 Å². The third-order valence-corrected chi connectivity index (χ3v) is 5.74. The lowest BCUT2D eigenvalue weighted by Gasteiger charge is -2.38. The lowest BCUT2D eigenvalue weighted by molar-refractivity contribution is -0.211. The third-order valence-electron chi connectivity index (χ3n) is 5.74. The Morgan fingerprint density at radius 3 is 2.54 bits per heavy atom. The van der Waals surface area contributed by atoms with Crippen molar-refractivity contribution in [3.8, 4) is 0 Å². The maximum absolute atomic E-state index is 13.6. The quantitative estimate of drug-likeness (QED) is 0.237. The molecule has 1 aliphatic heterocycles. The van der Waals surface area contributed by atoms with Gasteiger partial charge in [0.1, 0.15) is 0 Å². The van der Waals surface area contributed by atoms with Gasteiger partial charge in [0.2, 0.25) is 11.7 Å². The van der Waals surface area contributed by atoms with Crippen LogP contribution in [0.2, 0.25) is 0 Å². The molecule has 1 unspecified atom stereocenters. The molecule has 3 aromatic carbocycles. The van der Waals surface area contributed by atoms with Crippen LogP contribution in [0.4, 0.5) is 35.3 Å². The fraction of sp³-hybridized carbons (Fsp3) is 0.0833. The van der Waals surface area contributed by atoms with E-state index in [4.69, 9.17) is 15.6 Å². The fourth-order valence-corrected chi connectivity index (χ4v) is 4.33. The molecular weight excluding hydrogens is 495 g/mol. The molecule has 5 N–H and O–H groups in total. The number of halogens is 3. The van der Waals surface area contributed by atoms with Crippen LogP contribution in [0.1, 0.15) is 21.5 Å². The molecule has 2 heterocycles. The van der Waals surface area contributed by atoms with Gasteiger partial charge in [0, 0.05) is 22.4 Å². The summed E-state index contributed by atoms with van der Waals surface area (Å²) in [4.78, 5) is 44.7. The van der Waals surface area contributed by atoms with Crippen LogP contribution in [0.25, 0.3) is 11.0 Å². The number of fused-ring (bicyclic) bond motifs is 2. The lowest BCUT2D eigenvalue weighted by Crippen LogP contribution is -2.50. The minimum atomic E-state index is -5.38. The van der Waals surface area contributed by atoms with Crippen LogP contribution >= 0.6 is 0 Å². The summed E-state index contributed by atoms with van der Waals surface area (Å²) in [5, 5.41) is 11.0. The van der Waals surface area contributed by atoms with Crippen LogP contribution in [0.5, 0.6) is 0 Å². The Balaban J connectivity index is 1.81. The number of hydrogen-bond donors (Lipinski definition) is 4. The number of carboxylic acid groups (broad SMARTS) is 1. The number of nitrogen functional groups attached to an aromatic ring is 1. The number of rotatable bonds is 4. The Kier molecular flexibility index (Phi) is 5.28. The number of nitrogens with one attached hydrogen (secondary N) is 2. The molecule has 188 valence electrons. The second kappa shape index (κ2) is 8.26. The minimum absolute atomic E-state index is 0.00950. The highest BCUT2D eigenvalue weighted by Gasteiger charge is 2.58. The van der Waals surface area contributed by atoms with Crippen molar-refractivity contribution in [2.75, 3.05) is 16.0 Å². The van der Waals surface area contributed by atoms with Crippen LogP contribution < -0.4 is 16.0 Å². The number of alkyl halides is 3. The number of nitrogens with two attached hydrogens (primary N) is 1. The number of amides is 2. The molecule has 1 atom stereocenters. The average Bonchev–Trinajstić information content (AvgIpc) is 3.34. The maximum atomic E-state index is 13.6. The van der Waals surface area contributed by atoms with Gasteiger partial charge in [-0.25, -0.2) is 14.6 Å².